The lowest BCUT2D eigenvalue weighted by molar-refractivity contribution is -0.122. The molecule has 2 aliphatic rings. The Bertz CT molecular complexity index is 497. The molecule has 0 saturated carbocycles. The summed E-state index contributed by atoms with van der Waals surface area (Å²) in [6.45, 7) is 6.39. The molecule has 1 N–H and O–H groups in total. The van der Waals surface area contributed by atoms with E-state index in [0.29, 0.717) is 12.3 Å². The molecule has 23 heavy (non-hydrogen) atoms. The fourth-order valence-corrected chi connectivity index (χ4v) is 4.82. The molecule has 1 fully saturated rings. The van der Waals surface area contributed by atoms with E-state index in [9.17, 15) is 4.79 Å². The summed E-state index contributed by atoms with van der Waals surface area (Å²) in [6.07, 6.45) is 8.86. The highest BCUT2D eigenvalue weighted by Crippen LogP contribution is 2.26. The van der Waals surface area contributed by atoms with Gasteiger partial charge in [0.2, 0.25) is 5.91 Å². The standard InChI is InChI=1S/C18H29N3OS/c1-2-21-11-8-14(9-12-21)13-17(22)19-10-7-18-20-15-5-3-4-6-16(15)23-18/h14H,2-13H2,1H3,(H,19,22). The number of fused-ring (bicyclic) bond motifs is 1. The Morgan fingerprint density at radius 3 is 2.83 bits per heavy atom. The highest BCUT2D eigenvalue weighted by atomic mass is 32.1. The van der Waals surface area contributed by atoms with E-state index in [-0.39, 0.29) is 5.91 Å². The second kappa shape index (κ2) is 8.25. The van der Waals surface area contributed by atoms with Crippen LogP contribution in [-0.2, 0) is 24.1 Å². The summed E-state index contributed by atoms with van der Waals surface area (Å²) in [5, 5.41) is 4.30. The Morgan fingerprint density at radius 1 is 1.30 bits per heavy atom. The van der Waals surface area contributed by atoms with Crippen LogP contribution in [-0.4, -0.2) is 42.0 Å². The van der Waals surface area contributed by atoms with Crippen LogP contribution < -0.4 is 5.32 Å². The molecule has 1 aromatic rings. The molecule has 1 aromatic heterocycles. The lowest BCUT2D eigenvalue weighted by Gasteiger charge is -2.30. The smallest absolute Gasteiger partial charge is 0.220 e. The number of nitrogens with zero attached hydrogens (tertiary/aromatic N) is 2. The molecule has 0 atom stereocenters. The summed E-state index contributed by atoms with van der Waals surface area (Å²) in [4.78, 5) is 20.8. The van der Waals surface area contributed by atoms with Gasteiger partial charge in [-0.2, -0.15) is 0 Å². The zero-order valence-corrected chi connectivity index (χ0v) is 15.1. The molecule has 128 valence electrons. The Kier molecular flexibility index (Phi) is 6.06. The van der Waals surface area contributed by atoms with Gasteiger partial charge in [0, 0.05) is 24.3 Å². The van der Waals surface area contributed by atoms with Gasteiger partial charge in [-0.25, -0.2) is 4.98 Å². The van der Waals surface area contributed by atoms with Crippen LogP contribution in [0.5, 0.6) is 0 Å². The SMILES string of the molecule is CCN1CCC(CC(=O)NCCc2nc3c(s2)CCCC3)CC1. The van der Waals surface area contributed by atoms with Crippen LogP contribution in [0.25, 0.3) is 0 Å². The first-order valence-electron chi connectivity index (χ1n) is 9.21. The minimum absolute atomic E-state index is 0.223. The van der Waals surface area contributed by atoms with Crippen molar-refractivity contribution in [2.45, 2.75) is 58.3 Å². The summed E-state index contributed by atoms with van der Waals surface area (Å²) >= 11 is 1.86. The molecule has 2 heterocycles. The second-order valence-electron chi connectivity index (χ2n) is 6.87. The molecule has 0 radical (unpaired) electrons. The fraction of sp³-hybridized carbons (Fsp3) is 0.778. The van der Waals surface area contributed by atoms with Crippen LogP contribution in [0.2, 0.25) is 0 Å². The van der Waals surface area contributed by atoms with Crippen molar-refractivity contribution in [3.05, 3.63) is 15.6 Å². The number of amides is 1. The van der Waals surface area contributed by atoms with Crippen LogP contribution >= 0.6 is 11.3 Å². The molecule has 0 spiro atoms. The number of nitrogens with one attached hydrogen (secondary N) is 1. The van der Waals surface area contributed by atoms with E-state index in [4.69, 9.17) is 4.98 Å². The molecule has 0 unspecified atom stereocenters. The first-order valence-corrected chi connectivity index (χ1v) is 10.0. The molecule has 1 saturated heterocycles. The monoisotopic (exact) mass is 335 g/mol. The highest BCUT2D eigenvalue weighted by molar-refractivity contribution is 7.11. The molecule has 0 bridgehead atoms. The maximum Gasteiger partial charge on any atom is 0.220 e. The van der Waals surface area contributed by atoms with Crippen molar-refractivity contribution in [3.63, 3.8) is 0 Å². The van der Waals surface area contributed by atoms with Crippen LogP contribution in [0.4, 0.5) is 0 Å². The first-order chi connectivity index (χ1) is 11.2. The van der Waals surface area contributed by atoms with Crippen LogP contribution in [0.1, 0.15) is 54.6 Å². The van der Waals surface area contributed by atoms with Gasteiger partial charge in [0.15, 0.2) is 0 Å². The van der Waals surface area contributed by atoms with Crippen LogP contribution in [0.15, 0.2) is 0 Å². The molecular weight excluding hydrogens is 306 g/mol. The van der Waals surface area contributed by atoms with Crippen molar-refractivity contribution in [1.29, 1.82) is 0 Å². The summed E-state index contributed by atoms with van der Waals surface area (Å²) in [5.41, 5.74) is 1.32. The van der Waals surface area contributed by atoms with Crippen LogP contribution in [0, 0.1) is 5.92 Å². The lowest BCUT2D eigenvalue weighted by atomic mass is 9.93. The normalized spacial score (nSPS) is 19.5. The van der Waals surface area contributed by atoms with E-state index < -0.39 is 0 Å². The predicted octanol–water partition coefficient (Wildman–Crippen LogP) is 2.80. The van der Waals surface area contributed by atoms with E-state index in [2.05, 4.69) is 17.1 Å². The van der Waals surface area contributed by atoms with E-state index >= 15 is 0 Å². The third-order valence-electron chi connectivity index (χ3n) is 5.18. The number of hydrogen-bond acceptors (Lipinski definition) is 4. The number of aryl methyl sites for hydroxylation is 2. The minimum Gasteiger partial charge on any atom is -0.356 e. The third kappa shape index (κ3) is 4.77. The van der Waals surface area contributed by atoms with Crippen molar-refractivity contribution >= 4 is 17.2 Å². The van der Waals surface area contributed by atoms with E-state index in [1.807, 2.05) is 11.3 Å². The zero-order chi connectivity index (χ0) is 16.1. The van der Waals surface area contributed by atoms with Gasteiger partial charge in [0.1, 0.15) is 0 Å². The number of rotatable bonds is 6. The maximum atomic E-state index is 12.1. The summed E-state index contributed by atoms with van der Waals surface area (Å²) in [7, 11) is 0. The van der Waals surface area contributed by atoms with Gasteiger partial charge in [-0.3, -0.25) is 4.79 Å². The van der Waals surface area contributed by atoms with Gasteiger partial charge < -0.3 is 10.2 Å². The molecular formula is C18H29N3OS. The number of piperidine rings is 1. The number of likely N-dealkylation sites (tertiary alicyclic amines) is 1. The highest BCUT2D eigenvalue weighted by Gasteiger charge is 2.20. The molecule has 1 aliphatic carbocycles. The number of aromatic nitrogens is 1. The predicted molar refractivity (Wildman–Crippen MR) is 94.9 cm³/mol. The maximum absolute atomic E-state index is 12.1. The molecule has 3 rings (SSSR count). The first kappa shape index (κ1) is 16.9. The molecule has 1 aliphatic heterocycles. The molecule has 1 amide bonds. The number of hydrogen-bond donors (Lipinski definition) is 1. The third-order valence-corrected chi connectivity index (χ3v) is 6.40. The fourth-order valence-electron chi connectivity index (χ4n) is 3.66. The summed E-state index contributed by atoms with van der Waals surface area (Å²) in [6, 6.07) is 0. The summed E-state index contributed by atoms with van der Waals surface area (Å²) < 4.78 is 0. The second-order valence-corrected chi connectivity index (χ2v) is 8.03. The Labute approximate surface area is 143 Å². The Balaban J connectivity index is 1.35. The average Bonchev–Trinajstić information content (AvgIpc) is 2.98. The van der Waals surface area contributed by atoms with Gasteiger partial charge in [-0.15, -0.1) is 11.3 Å². The molecule has 5 heteroatoms. The number of carbonyl (C=O) groups is 1. The summed E-state index contributed by atoms with van der Waals surface area (Å²) in [5.74, 6) is 0.797. The van der Waals surface area contributed by atoms with Crippen molar-refractivity contribution in [2.24, 2.45) is 5.92 Å². The topological polar surface area (TPSA) is 45.2 Å². The minimum atomic E-state index is 0.223. The van der Waals surface area contributed by atoms with E-state index in [1.165, 1.54) is 47.7 Å². The molecule has 0 aromatic carbocycles. The van der Waals surface area contributed by atoms with E-state index in [0.717, 1.165) is 39.0 Å². The van der Waals surface area contributed by atoms with Crippen molar-refractivity contribution in [3.8, 4) is 0 Å². The quantitative estimate of drug-likeness (QED) is 0.869. The van der Waals surface area contributed by atoms with Gasteiger partial charge >= 0.3 is 0 Å². The van der Waals surface area contributed by atoms with Gasteiger partial charge in [0.05, 0.1) is 10.7 Å². The van der Waals surface area contributed by atoms with Crippen molar-refractivity contribution < 1.29 is 4.79 Å². The molecule has 4 nitrogen and oxygen atoms in total. The van der Waals surface area contributed by atoms with Crippen molar-refractivity contribution in [2.75, 3.05) is 26.2 Å². The number of carbonyl (C=O) groups excluding carboxylic acids is 1. The average molecular weight is 336 g/mol. The number of thiazole rings is 1. The Hall–Kier alpha value is -0.940. The van der Waals surface area contributed by atoms with Gasteiger partial charge in [-0.1, -0.05) is 6.92 Å². The van der Waals surface area contributed by atoms with Crippen molar-refractivity contribution in [1.82, 2.24) is 15.2 Å². The van der Waals surface area contributed by atoms with Gasteiger partial charge in [-0.05, 0) is 64.1 Å². The van der Waals surface area contributed by atoms with Gasteiger partial charge in [0.25, 0.3) is 0 Å². The van der Waals surface area contributed by atoms with Crippen LogP contribution in [0.3, 0.4) is 0 Å². The lowest BCUT2D eigenvalue weighted by Crippen LogP contribution is -2.36. The Morgan fingerprint density at radius 2 is 2.09 bits per heavy atom. The zero-order valence-electron chi connectivity index (χ0n) is 14.3. The van der Waals surface area contributed by atoms with E-state index in [1.54, 1.807) is 0 Å². The largest absolute Gasteiger partial charge is 0.356 e.